The molecule has 0 aliphatic heterocycles. The van der Waals surface area contributed by atoms with Crippen molar-refractivity contribution in [2.75, 3.05) is 0 Å². The highest BCUT2D eigenvalue weighted by Crippen LogP contribution is 2.39. The summed E-state index contributed by atoms with van der Waals surface area (Å²) in [6.45, 7) is 4.24. The highest BCUT2D eigenvalue weighted by molar-refractivity contribution is 5.91. The Morgan fingerprint density at radius 3 is 2.25 bits per heavy atom. The second-order valence-corrected chi connectivity index (χ2v) is 9.79. The van der Waals surface area contributed by atoms with Gasteiger partial charge in [0.1, 0.15) is 0 Å². The quantitative estimate of drug-likeness (QED) is 0.231. The maximum absolute atomic E-state index is 15.0. The summed E-state index contributed by atoms with van der Waals surface area (Å²) in [6.07, 6.45) is 7.73. The fourth-order valence-corrected chi connectivity index (χ4v) is 5.09. The molecule has 190 valence electrons. The van der Waals surface area contributed by atoms with Crippen LogP contribution in [0.15, 0.2) is 54.6 Å². The largest absolute Gasteiger partial charge is 0.420 e. The van der Waals surface area contributed by atoms with Crippen LogP contribution in [0, 0.1) is 23.4 Å². The SMILES string of the molecule is CCCCc1ccc(OC(=O)c2ccc(-c3ccc(C4CCC(CC)CC4)c(F)c3F)cc2)c(F)c1. The molecule has 4 rings (SSSR count). The van der Waals surface area contributed by atoms with Crippen LogP contribution in [0.1, 0.15) is 86.2 Å². The minimum atomic E-state index is -0.870. The minimum absolute atomic E-state index is 0.0506. The molecule has 0 atom stereocenters. The molecule has 3 aromatic carbocycles. The van der Waals surface area contributed by atoms with E-state index in [1.165, 1.54) is 24.3 Å². The molecule has 1 aliphatic rings. The van der Waals surface area contributed by atoms with E-state index in [9.17, 15) is 9.18 Å². The van der Waals surface area contributed by atoms with Crippen LogP contribution in [-0.2, 0) is 6.42 Å². The van der Waals surface area contributed by atoms with Crippen molar-refractivity contribution in [3.63, 3.8) is 0 Å². The van der Waals surface area contributed by atoms with Crippen LogP contribution >= 0.6 is 0 Å². The molecule has 2 nitrogen and oxygen atoms in total. The van der Waals surface area contributed by atoms with Crippen molar-refractivity contribution in [1.29, 1.82) is 0 Å². The molecule has 0 N–H and O–H groups in total. The number of unbranched alkanes of at least 4 members (excludes halogenated alkanes) is 1. The van der Waals surface area contributed by atoms with Gasteiger partial charge < -0.3 is 4.74 Å². The zero-order chi connectivity index (χ0) is 25.7. The second kappa shape index (κ2) is 11.8. The van der Waals surface area contributed by atoms with Gasteiger partial charge in [0.2, 0.25) is 0 Å². The molecule has 0 unspecified atom stereocenters. The van der Waals surface area contributed by atoms with E-state index in [0.29, 0.717) is 17.0 Å². The standard InChI is InChI=1S/C31H33F3O2/c1-3-5-6-21-9-18-28(27(32)19-21)36-31(35)24-14-12-23(13-15-24)26-17-16-25(29(33)30(26)34)22-10-7-20(4-2)8-11-22/h9,12-20,22H,3-8,10-11H2,1-2H3. The Kier molecular flexibility index (Phi) is 8.50. The predicted octanol–water partition coefficient (Wildman–Crippen LogP) is 9.02. The number of rotatable bonds is 8. The normalized spacial score (nSPS) is 17.7. The molecular formula is C31H33F3O2. The Hall–Kier alpha value is -3.08. The lowest BCUT2D eigenvalue weighted by Crippen LogP contribution is -2.14. The van der Waals surface area contributed by atoms with Crippen molar-refractivity contribution < 1.29 is 22.7 Å². The Morgan fingerprint density at radius 1 is 0.889 bits per heavy atom. The third kappa shape index (κ3) is 5.83. The molecule has 0 amide bonds. The summed E-state index contributed by atoms with van der Waals surface area (Å²) in [5.41, 5.74) is 2.10. The summed E-state index contributed by atoms with van der Waals surface area (Å²) in [4.78, 5) is 12.5. The number of aryl methyl sites for hydroxylation is 1. The van der Waals surface area contributed by atoms with Crippen molar-refractivity contribution in [3.8, 4) is 16.9 Å². The van der Waals surface area contributed by atoms with Gasteiger partial charge >= 0.3 is 5.97 Å². The maximum atomic E-state index is 15.0. The summed E-state index contributed by atoms with van der Waals surface area (Å²) in [5.74, 6) is -2.36. The minimum Gasteiger partial charge on any atom is -0.420 e. The number of carbonyl (C=O) groups is 1. The first kappa shape index (κ1) is 26.0. The van der Waals surface area contributed by atoms with Crippen molar-refractivity contribution in [2.24, 2.45) is 5.92 Å². The topological polar surface area (TPSA) is 26.3 Å². The van der Waals surface area contributed by atoms with Gasteiger partial charge in [-0.25, -0.2) is 18.0 Å². The lowest BCUT2D eigenvalue weighted by Gasteiger charge is -2.28. The van der Waals surface area contributed by atoms with Gasteiger partial charge in [-0.1, -0.05) is 57.0 Å². The van der Waals surface area contributed by atoms with E-state index in [1.54, 1.807) is 30.3 Å². The molecule has 0 bridgehead atoms. The van der Waals surface area contributed by atoms with Crippen LogP contribution < -0.4 is 4.74 Å². The monoisotopic (exact) mass is 494 g/mol. The Labute approximate surface area is 211 Å². The Balaban J connectivity index is 1.45. The van der Waals surface area contributed by atoms with Crippen molar-refractivity contribution in [1.82, 2.24) is 0 Å². The number of halogens is 3. The summed E-state index contributed by atoms with van der Waals surface area (Å²) in [5, 5.41) is 0. The third-order valence-electron chi connectivity index (χ3n) is 7.43. The average Bonchev–Trinajstić information content (AvgIpc) is 2.90. The van der Waals surface area contributed by atoms with E-state index < -0.39 is 23.4 Å². The summed E-state index contributed by atoms with van der Waals surface area (Å²) < 4.78 is 49.7. The number of benzene rings is 3. The molecule has 5 heteroatoms. The van der Waals surface area contributed by atoms with E-state index in [4.69, 9.17) is 4.74 Å². The fraction of sp³-hybridized carbons (Fsp3) is 0.387. The third-order valence-corrected chi connectivity index (χ3v) is 7.43. The van der Waals surface area contributed by atoms with Crippen LogP contribution in [-0.4, -0.2) is 5.97 Å². The van der Waals surface area contributed by atoms with Gasteiger partial charge in [-0.2, -0.15) is 0 Å². The van der Waals surface area contributed by atoms with Crippen LogP contribution in [0.5, 0.6) is 5.75 Å². The van der Waals surface area contributed by atoms with E-state index in [2.05, 4.69) is 13.8 Å². The first-order chi connectivity index (χ1) is 17.4. The van der Waals surface area contributed by atoms with Crippen molar-refractivity contribution in [3.05, 3.63) is 88.7 Å². The van der Waals surface area contributed by atoms with E-state index in [1.807, 2.05) is 0 Å². The van der Waals surface area contributed by atoms with Crippen molar-refractivity contribution >= 4 is 5.97 Å². The van der Waals surface area contributed by atoms with Gasteiger partial charge in [0, 0.05) is 5.56 Å². The molecule has 0 aromatic heterocycles. The van der Waals surface area contributed by atoms with Crippen LogP contribution in [0.25, 0.3) is 11.1 Å². The van der Waals surface area contributed by atoms with Crippen LogP contribution in [0.4, 0.5) is 13.2 Å². The second-order valence-electron chi connectivity index (χ2n) is 9.79. The molecule has 0 saturated heterocycles. The molecule has 1 fully saturated rings. The van der Waals surface area contributed by atoms with E-state index >= 15 is 8.78 Å². The number of hydrogen-bond donors (Lipinski definition) is 0. The molecule has 0 radical (unpaired) electrons. The Bertz CT molecular complexity index is 1200. The molecule has 3 aromatic rings. The first-order valence-electron chi connectivity index (χ1n) is 13.0. The summed E-state index contributed by atoms with van der Waals surface area (Å²) >= 11 is 0. The molecule has 1 aliphatic carbocycles. The van der Waals surface area contributed by atoms with Gasteiger partial charge in [0.25, 0.3) is 0 Å². The zero-order valence-electron chi connectivity index (χ0n) is 21.0. The highest BCUT2D eigenvalue weighted by Gasteiger charge is 2.26. The van der Waals surface area contributed by atoms with Gasteiger partial charge in [-0.05, 0) is 91.3 Å². The van der Waals surface area contributed by atoms with Gasteiger partial charge in [0.05, 0.1) is 5.56 Å². The van der Waals surface area contributed by atoms with Gasteiger partial charge in [-0.15, -0.1) is 0 Å². The van der Waals surface area contributed by atoms with Crippen molar-refractivity contribution in [2.45, 2.75) is 71.1 Å². The molecule has 0 heterocycles. The zero-order valence-corrected chi connectivity index (χ0v) is 21.0. The number of esters is 1. The first-order valence-corrected chi connectivity index (χ1v) is 13.0. The van der Waals surface area contributed by atoms with E-state index in [0.717, 1.165) is 56.9 Å². The lowest BCUT2D eigenvalue weighted by molar-refractivity contribution is 0.0728. The van der Waals surface area contributed by atoms with Gasteiger partial charge in [-0.3, -0.25) is 0 Å². The number of hydrogen-bond acceptors (Lipinski definition) is 2. The van der Waals surface area contributed by atoms with Crippen LogP contribution in [0.3, 0.4) is 0 Å². The van der Waals surface area contributed by atoms with Gasteiger partial charge in [0.15, 0.2) is 23.2 Å². The average molecular weight is 495 g/mol. The smallest absolute Gasteiger partial charge is 0.343 e. The lowest BCUT2D eigenvalue weighted by atomic mass is 9.77. The molecule has 36 heavy (non-hydrogen) atoms. The number of carbonyl (C=O) groups excluding carboxylic acids is 1. The molecule has 1 saturated carbocycles. The van der Waals surface area contributed by atoms with Crippen LogP contribution in [0.2, 0.25) is 0 Å². The predicted molar refractivity (Wildman–Crippen MR) is 137 cm³/mol. The summed E-state index contributed by atoms with van der Waals surface area (Å²) in [7, 11) is 0. The Morgan fingerprint density at radius 2 is 1.61 bits per heavy atom. The maximum Gasteiger partial charge on any atom is 0.343 e. The fourth-order valence-electron chi connectivity index (χ4n) is 5.09. The summed E-state index contributed by atoms with van der Waals surface area (Å²) in [6, 6.07) is 13.9. The molecular weight excluding hydrogens is 461 g/mol. The number of ether oxygens (including phenoxy) is 1. The van der Waals surface area contributed by atoms with E-state index in [-0.39, 0.29) is 22.8 Å². The highest BCUT2D eigenvalue weighted by atomic mass is 19.2. The molecule has 0 spiro atoms.